The van der Waals surface area contributed by atoms with Gasteiger partial charge in [-0.25, -0.2) is 0 Å². The largest absolute Gasteiger partial charge is 0.486 e. The highest BCUT2D eigenvalue weighted by Gasteiger charge is 2.23. The van der Waals surface area contributed by atoms with Gasteiger partial charge in [-0.1, -0.05) is 6.07 Å². The Hall–Kier alpha value is -3.26. The van der Waals surface area contributed by atoms with E-state index in [1.54, 1.807) is 48.7 Å². The molecule has 0 saturated heterocycles. The second kappa shape index (κ2) is 8.18. The average Bonchev–Trinajstić information content (AvgIpc) is 3.44. The van der Waals surface area contributed by atoms with E-state index in [2.05, 4.69) is 5.32 Å². The summed E-state index contributed by atoms with van der Waals surface area (Å²) < 4.78 is 16.4. The molecule has 8 heteroatoms. The molecule has 1 N–H and O–H groups in total. The fraction of sp³-hybridized carbons (Fsp3) is 0.200. The van der Waals surface area contributed by atoms with Gasteiger partial charge in [0.15, 0.2) is 11.5 Å². The number of furan rings is 1. The summed E-state index contributed by atoms with van der Waals surface area (Å²) in [5, 5.41) is 4.59. The maximum Gasteiger partial charge on any atom is 0.268 e. The molecule has 0 spiro atoms. The van der Waals surface area contributed by atoms with Gasteiger partial charge in [-0.2, -0.15) is 0 Å². The number of thiophene rings is 1. The summed E-state index contributed by atoms with van der Waals surface area (Å²) in [5.41, 5.74) is 0.566. The normalized spacial score (nSPS) is 12.4. The number of carbonyl (C=O) groups excluding carboxylic acids is 2. The molecule has 2 amide bonds. The van der Waals surface area contributed by atoms with Crippen LogP contribution in [0.3, 0.4) is 0 Å². The summed E-state index contributed by atoms with van der Waals surface area (Å²) >= 11 is 1.33. The van der Waals surface area contributed by atoms with Crippen LogP contribution in [0.15, 0.2) is 58.5 Å². The predicted molar refractivity (Wildman–Crippen MR) is 104 cm³/mol. The third-order valence-electron chi connectivity index (χ3n) is 4.16. The monoisotopic (exact) mass is 398 g/mol. The molecule has 3 aromatic rings. The van der Waals surface area contributed by atoms with Crippen molar-refractivity contribution in [2.45, 2.75) is 6.54 Å². The van der Waals surface area contributed by atoms with Gasteiger partial charge in [0, 0.05) is 11.8 Å². The van der Waals surface area contributed by atoms with Gasteiger partial charge in [-0.3, -0.25) is 14.5 Å². The van der Waals surface area contributed by atoms with Gasteiger partial charge in [0.1, 0.15) is 25.5 Å². The van der Waals surface area contributed by atoms with Crippen LogP contribution in [0.1, 0.15) is 15.4 Å². The van der Waals surface area contributed by atoms with Crippen LogP contribution in [0.5, 0.6) is 11.5 Å². The van der Waals surface area contributed by atoms with E-state index in [1.165, 1.54) is 16.2 Å². The molecule has 0 radical (unpaired) electrons. The molecule has 144 valence electrons. The molecule has 2 aromatic heterocycles. The van der Waals surface area contributed by atoms with Gasteiger partial charge in [0.25, 0.3) is 5.91 Å². The highest BCUT2D eigenvalue weighted by Crippen LogP contribution is 2.34. The van der Waals surface area contributed by atoms with Crippen molar-refractivity contribution >= 4 is 28.8 Å². The van der Waals surface area contributed by atoms with Crippen LogP contribution in [-0.2, 0) is 11.3 Å². The lowest BCUT2D eigenvalue weighted by Gasteiger charge is -2.24. The molecule has 1 aromatic carbocycles. The number of fused-ring (bicyclic) bond motifs is 1. The number of nitrogens with one attached hydrogen (secondary N) is 1. The smallest absolute Gasteiger partial charge is 0.268 e. The quantitative estimate of drug-likeness (QED) is 0.690. The summed E-state index contributed by atoms with van der Waals surface area (Å²) in [6, 6.07) is 12.3. The Bertz CT molecular complexity index is 953. The number of hydrogen-bond acceptors (Lipinski definition) is 6. The SMILES string of the molecule is O=C(CN(C(=O)c1cccs1)c1ccc2c(c1)OCCO2)NCc1ccco1. The molecule has 0 bridgehead atoms. The number of anilines is 1. The fourth-order valence-electron chi connectivity index (χ4n) is 2.81. The van der Waals surface area contributed by atoms with Crippen molar-refractivity contribution in [1.29, 1.82) is 0 Å². The van der Waals surface area contributed by atoms with Gasteiger partial charge < -0.3 is 19.2 Å². The Morgan fingerprint density at radius 2 is 1.93 bits per heavy atom. The molecule has 4 rings (SSSR count). The van der Waals surface area contributed by atoms with Crippen LogP contribution >= 0.6 is 11.3 Å². The van der Waals surface area contributed by atoms with Crippen molar-refractivity contribution < 1.29 is 23.5 Å². The molecule has 1 aliphatic rings. The molecular formula is C20H18N2O5S. The summed E-state index contributed by atoms with van der Waals surface area (Å²) in [6.07, 6.45) is 1.54. The second-order valence-corrected chi connectivity index (χ2v) is 7.00. The zero-order valence-electron chi connectivity index (χ0n) is 14.9. The number of benzene rings is 1. The van der Waals surface area contributed by atoms with Crippen molar-refractivity contribution in [3.8, 4) is 11.5 Å². The molecule has 7 nitrogen and oxygen atoms in total. The van der Waals surface area contributed by atoms with E-state index < -0.39 is 0 Å². The molecule has 28 heavy (non-hydrogen) atoms. The van der Waals surface area contributed by atoms with E-state index in [1.807, 2.05) is 5.38 Å². The summed E-state index contributed by atoms with van der Waals surface area (Å²) in [4.78, 5) is 27.5. The number of nitrogens with zero attached hydrogens (tertiary/aromatic N) is 1. The molecule has 0 aliphatic carbocycles. The van der Waals surface area contributed by atoms with Crippen LogP contribution in [0.25, 0.3) is 0 Å². The molecule has 0 atom stereocenters. The maximum absolute atomic E-state index is 13.0. The number of carbonyl (C=O) groups is 2. The van der Waals surface area contributed by atoms with Gasteiger partial charge in [-0.15, -0.1) is 11.3 Å². The Kier molecular flexibility index (Phi) is 5.29. The minimum absolute atomic E-state index is 0.128. The van der Waals surface area contributed by atoms with Crippen molar-refractivity contribution in [2.75, 3.05) is 24.7 Å². The van der Waals surface area contributed by atoms with Crippen LogP contribution in [0, 0.1) is 0 Å². The van der Waals surface area contributed by atoms with E-state index in [0.29, 0.717) is 41.0 Å². The Labute approximate surface area is 165 Å². The van der Waals surface area contributed by atoms with Crippen molar-refractivity contribution in [3.63, 3.8) is 0 Å². The van der Waals surface area contributed by atoms with Crippen LogP contribution in [0.2, 0.25) is 0 Å². The lowest BCUT2D eigenvalue weighted by molar-refractivity contribution is -0.119. The minimum atomic E-state index is -0.295. The molecule has 1 aliphatic heterocycles. The Morgan fingerprint density at radius 1 is 1.07 bits per heavy atom. The zero-order chi connectivity index (χ0) is 19.3. The number of amides is 2. The number of hydrogen-bond donors (Lipinski definition) is 1. The number of ether oxygens (including phenoxy) is 2. The Morgan fingerprint density at radius 3 is 2.68 bits per heavy atom. The van der Waals surface area contributed by atoms with E-state index in [0.717, 1.165) is 0 Å². The number of rotatable bonds is 6. The first kappa shape index (κ1) is 18.1. The van der Waals surface area contributed by atoms with Gasteiger partial charge >= 0.3 is 0 Å². The van der Waals surface area contributed by atoms with Crippen LogP contribution in [-0.4, -0.2) is 31.6 Å². The minimum Gasteiger partial charge on any atom is -0.486 e. The fourth-order valence-corrected chi connectivity index (χ4v) is 3.48. The van der Waals surface area contributed by atoms with Crippen LogP contribution < -0.4 is 19.7 Å². The maximum atomic E-state index is 13.0. The van der Waals surface area contributed by atoms with E-state index in [-0.39, 0.29) is 24.9 Å². The molecular weight excluding hydrogens is 380 g/mol. The topological polar surface area (TPSA) is 81.0 Å². The molecule has 0 fully saturated rings. The second-order valence-electron chi connectivity index (χ2n) is 6.05. The van der Waals surface area contributed by atoms with Crippen LogP contribution in [0.4, 0.5) is 5.69 Å². The van der Waals surface area contributed by atoms with Crippen molar-refractivity contribution in [1.82, 2.24) is 5.32 Å². The van der Waals surface area contributed by atoms with Gasteiger partial charge in [-0.05, 0) is 35.7 Å². The van der Waals surface area contributed by atoms with E-state index in [9.17, 15) is 9.59 Å². The molecule has 3 heterocycles. The molecule has 0 saturated carbocycles. The van der Waals surface area contributed by atoms with Crippen molar-refractivity contribution in [3.05, 3.63) is 64.7 Å². The van der Waals surface area contributed by atoms with Crippen molar-refractivity contribution in [2.24, 2.45) is 0 Å². The zero-order valence-corrected chi connectivity index (χ0v) is 15.7. The first-order valence-corrected chi connectivity index (χ1v) is 9.63. The van der Waals surface area contributed by atoms with E-state index in [4.69, 9.17) is 13.9 Å². The third-order valence-corrected chi connectivity index (χ3v) is 5.01. The first-order valence-electron chi connectivity index (χ1n) is 8.75. The van der Waals surface area contributed by atoms with Gasteiger partial charge in [0.05, 0.1) is 17.7 Å². The summed E-state index contributed by atoms with van der Waals surface area (Å²) in [5.74, 6) is 1.28. The standard InChI is InChI=1S/C20H18N2O5S/c23-19(21-12-15-3-1-7-25-15)13-22(20(24)18-4-2-10-28-18)14-5-6-16-17(11-14)27-9-8-26-16/h1-7,10-11H,8-9,12-13H2,(H,21,23). The first-order chi connectivity index (χ1) is 13.7. The van der Waals surface area contributed by atoms with E-state index >= 15 is 0 Å². The predicted octanol–water partition coefficient (Wildman–Crippen LogP) is 3.08. The highest BCUT2D eigenvalue weighted by molar-refractivity contribution is 7.12. The lowest BCUT2D eigenvalue weighted by Crippen LogP contribution is -2.40. The highest BCUT2D eigenvalue weighted by atomic mass is 32.1. The molecule has 0 unspecified atom stereocenters. The summed E-state index contributed by atoms with van der Waals surface area (Å²) in [7, 11) is 0. The lowest BCUT2D eigenvalue weighted by atomic mass is 10.2. The average molecular weight is 398 g/mol. The Balaban J connectivity index is 1.55. The summed E-state index contributed by atoms with van der Waals surface area (Å²) in [6.45, 7) is 1.06. The van der Waals surface area contributed by atoms with Gasteiger partial charge in [0.2, 0.25) is 5.91 Å². The third kappa shape index (κ3) is 4.01.